The second-order valence-electron chi connectivity index (χ2n) is 4.53. The molecule has 0 heterocycles. The van der Waals surface area contributed by atoms with Gasteiger partial charge in [-0.1, -0.05) is 13.8 Å². The Morgan fingerprint density at radius 2 is 2.00 bits per heavy atom. The van der Waals surface area contributed by atoms with Crippen LogP contribution in [0.5, 0.6) is 0 Å². The normalized spacial score (nSPS) is 33.1. The minimum absolute atomic E-state index is 0.292. The Morgan fingerprint density at radius 3 is 2.36 bits per heavy atom. The summed E-state index contributed by atoms with van der Waals surface area (Å²) in [6, 6.07) is 0.468. The van der Waals surface area contributed by atoms with Crippen molar-refractivity contribution in [3.05, 3.63) is 0 Å². The van der Waals surface area contributed by atoms with E-state index in [4.69, 9.17) is 0 Å². The lowest BCUT2D eigenvalue weighted by atomic mass is 10.2. The molecule has 0 saturated heterocycles. The van der Waals surface area contributed by atoms with Gasteiger partial charge in [0.25, 0.3) is 0 Å². The molecule has 0 aromatic rings. The van der Waals surface area contributed by atoms with Gasteiger partial charge in [0.05, 0.1) is 0 Å². The third kappa shape index (κ3) is 1.39. The largest absolute Gasteiger partial charge is 0.353 e. The maximum atomic E-state index is 11.2. The van der Waals surface area contributed by atoms with Crippen LogP contribution in [0.2, 0.25) is 0 Å². The van der Waals surface area contributed by atoms with Crippen molar-refractivity contribution in [1.29, 1.82) is 0 Å². The second-order valence-corrected chi connectivity index (χ2v) is 4.53. The fourth-order valence-electron chi connectivity index (χ4n) is 1.35. The molecule has 1 amide bonds. The third-order valence-electron chi connectivity index (χ3n) is 2.78. The van der Waals surface area contributed by atoms with E-state index in [2.05, 4.69) is 19.2 Å². The molecule has 2 aliphatic rings. The Labute approximate surface area is 67.4 Å². The predicted octanol–water partition coefficient (Wildman–Crippen LogP) is 1.31. The van der Waals surface area contributed by atoms with E-state index in [-0.39, 0.29) is 0 Å². The molecule has 2 fully saturated rings. The SMILES string of the molecule is CC1(C)CC1NC(=O)C1CC1. The molecule has 2 rings (SSSR count). The Hall–Kier alpha value is -0.530. The van der Waals surface area contributed by atoms with Gasteiger partial charge in [0.15, 0.2) is 0 Å². The van der Waals surface area contributed by atoms with E-state index in [1.807, 2.05) is 0 Å². The van der Waals surface area contributed by atoms with Crippen molar-refractivity contribution in [3.8, 4) is 0 Å². The molecule has 0 spiro atoms. The van der Waals surface area contributed by atoms with Crippen molar-refractivity contribution >= 4 is 5.91 Å². The maximum Gasteiger partial charge on any atom is 0.223 e. The Morgan fingerprint density at radius 1 is 1.45 bits per heavy atom. The molecule has 1 atom stereocenters. The molecule has 1 unspecified atom stereocenters. The number of nitrogens with one attached hydrogen (secondary N) is 1. The average molecular weight is 153 g/mol. The zero-order valence-corrected chi connectivity index (χ0v) is 7.18. The van der Waals surface area contributed by atoms with Crippen molar-refractivity contribution < 1.29 is 4.79 Å². The van der Waals surface area contributed by atoms with Crippen molar-refractivity contribution in [2.24, 2.45) is 11.3 Å². The summed E-state index contributed by atoms with van der Waals surface area (Å²) in [7, 11) is 0. The lowest BCUT2D eigenvalue weighted by Gasteiger charge is -2.04. The van der Waals surface area contributed by atoms with Crippen LogP contribution in [0.15, 0.2) is 0 Å². The summed E-state index contributed by atoms with van der Waals surface area (Å²) in [4.78, 5) is 11.2. The molecule has 1 N–H and O–H groups in total. The Balaban J connectivity index is 1.78. The first-order valence-corrected chi connectivity index (χ1v) is 4.40. The van der Waals surface area contributed by atoms with E-state index in [1.165, 1.54) is 0 Å². The molecule has 2 nitrogen and oxygen atoms in total. The molecule has 11 heavy (non-hydrogen) atoms. The quantitative estimate of drug-likeness (QED) is 0.636. The fourth-order valence-corrected chi connectivity index (χ4v) is 1.35. The van der Waals surface area contributed by atoms with Crippen molar-refractivity contribution in [3.63, 3.8) is 0 Å². The summed E-state index contributed by atoms with van der Waals surface area (Å²) < 4.78 is 0. The smallest absolute Gasteiger partial charge is 0.223 e. The highest BCUT2D eigenvalue weighted by molar-refractivity contribution is 5.81. The third-order valence-corrected chi connectivity index (χ3v) is 2.78. The van der Waals surface area contributed by atoms with Gasteiger partial charge >= 0.3 is 0 Å². The van der Waals surface area contributed by atoms with Gasteiger partial charge in [0.2, 0.25) is 5.91 Å². The van der Waals surface area contributed by atoms with Gasteiger partial charge in [-0.15, -0.1) is 0 Å². The van der Waals surface area contributed by atoms with E-state index in [9.17, 15) is 4.79 Å². The minimum atomic E-state index is 0.292. The maximum absolute atomic E-state index is 11.2. The van der Waals surface area contributed by atoms with Crippen LogP contribution in [0.1, 0.15) is 33.1 Å². The van der Waals surface area contributed by atoms with Crippen molar-refractivity contribution in [1.82, 2.24) is 5.32 Å². The summed E-state index contributed by atoms with van der Waals surface area (Å²) >= 11 is 0. The molecular weight excluding hydrogens is 138 g/mol. The summed E-state index contributed by atoms with van der Waals surface area (Å²) in [6.45, 7) is 4.40. The van der Waals surface area contributed by atoms with E-state index in [0.717, 1.165) is 19.3 Å². The van der Waals surface area contributed by atoms with Crippen LogP contribution in [-0.4, -0.2) is 11.9 Å². The van der Waals surface area contributed by atoms with Gasteiger partial charge in [-0.2, -0.15) is 0 Å². The van der Waals surface area contributed by atoms with Crippen molar-refractivity contribution in [2.45, 2.75) is 39.2 Å². The first-order valence-electron chi connectivity index (χ1n) is 4.40. The fraction of sp³-hybridized carbons (Fsp3) is 0.889. The van der Waals surface area contributed by atoms with Crippen LogP contribution in [0, 0.1) is 11.3 Å². The monoisotopic (exact) mass is 153 g/mol. The summed E-state index contributed by atoms with van der Waals surface area (Å²) in [6.07, 6.45) is 3.38. The lowest BCUT2D eigenvalue weighted by molar-refractivity contribution is -0.122. The molecule has 0 bridgehead atoms. The molecule has 0 aliphatic heterocycles. The van der Waals surface area contributed by atoms with Gasteiger partial charge in [-0.3, -0.25) is 4.79 Å². The molecule has 0 radical (unpaired) electrons. The lowest BCUT2D eigenvalue weighted by Crippen LogP contribution is -2.29. The minimum Gasteiger partial charge on any atom is -0.353 e. The van der Waals surface area contributed by atoms with Crippen LogP contribution >= 0.6 is 0 Å². The van der Waals surface area contributed by atoms with Crippen LogP contribution in [0.25, 0.3) is 0 Å². The molecule has 2 heteroatoms. The number of hydrogen-bond acceptors (Lipinski definition) is 1. The van der Waals surface area contributed by atoms with Gasteiger partial charge in [0, 0.05) is 12.0 Å². The molecule has 2 saturated carbocycles. The van der Waals surface area contributed by atoms with Crippen LogP contribution in [-0.2, 0) is 4.79 Å². The highest BCUT2D eigenvalue weighted by atomic mass is 16.2. The molecule has 2 aliphatic carbocycles. The number of hydrogen-bond donors (Lipinski definition) is 1. The van der Waals surface area contributed by atoms with Gasteiger partial charge in [-0.25, -0.2) is 0 Å². The number of carbonyl (C=O) groups excluding carboxylic acids is 1. The second kappa shape index (κ2) is 1.99. The van der Waals surface area contributed by atoms with Crippen molar-refractivity contribution in [2.75, 3.05) is 0 Å². The summed E-state index contributed by atoms with van der Waals surface area (Å²) in [5.74, 6) is 0.659. The number of rotatable bonds is 2. The standard InChI is InChI=1S/C9H15NO/c1-9(2)5-7(9)10-8(11)6-3-4-6/h6-7H,3-5H2,1-2H3,(H,10,11). The van der Waals surface area contributed by atoms with E-state index in [1.54, 1.807) is 0 Å². The molecule has 0 aromatic carbocycles. The van der Waals surface area contributed by atoms with Crippen LogP contribution in [0.3, 0.4) is 0 Å². The number of amides is 1. The van der Waals surface area contributed by atoms with Gasteiger partial charge < -0.3 is 5.32 Å². The molecule has 0 aromatic heterocycles. The zero-order chi connectivity index (χ0) is 8.06. The zero-order valence-electron chi connectivity index (χ0n) is 7.18. The highest BCUT2D eigenvalue weighted by Crippen LogP contribution is 2.45. The Bertz CT molecular complexity index is 194. The average Bonchev–Trinajstić information content (AvgIpc) is 2.69. The summed E-state index contributed by atoms with van der Waals surface area (Å²) in [5.41, 5.74) is 0.380. The first kappa shape index (κ1) is 7.14. The molecule has 62 valence electrons. The van der Waals surface area contributed by atoms with Crippen LogP contribution < -0.4 is 5.32 Å². The van der Waals surface area contributed by atoms with E-state index >= 15 is 0 Å². The van der Waals surface area contributed by atoms with Gasteiger partial charge in [-0.05, 0) is 24.7 Å². The van der Waals surface area contributed by atoms with Crippen LogP contribution in [0.4, 0.5) is 0 Å². The topological polar surface area (TPSA) is 29.1 Å². The summed E-state index contributed by atoms with van der Waals surface area (Å²) in [5, 5.41) is 3.07. The van der Waals surface area contributed by atoms with E-state index < -0.39 is 0 Å². The Kier molecular flexibility index (Phi) is 1.29. The van der Waals surface area contributed by atoms with Gasteiger partial charge in [0.1, 0.15) is 0 Å². The highest BCUT2D eigenvalue weighted by Gasteiger charge is 2.47. The molecular formula is C9H15NO. The first-order chi connectivity index (χ1) is 5.09. The number of carbonyl (C=O) groups is 1. The predicted molar refractivity (Wildman–Crippen MR) is 43.1 cm³/mol. The van der Waals surface area contributed by atoms with E-state index in [0.29, 0.717) is 23.3 Å².